The van der Waals surface area contributed by atoms with E-state index in [-0.39, 0.29) is 35.4 Å². The number of methoxy groups -OCH3 is 3. The summed E-state index contributed by atoms with van der Waals surface area (Å²) in [5, 5.41) is 19.9. The summed E-state index contributed by atoms with van der Waals surface area (Å²) in [6, 6.07) is 3.55. The van der Waals surface area contributed by atoms with Gasteiger partial charge in [-0.15, -0.1) is 0 Å². The Morgan fingerprint density at radius 1 is 1.21 bits per heavy atom. The maximum absolute atomic E-state index is 10.6. The maximum Gasteiger partial charge on any atom is 1.00 e. The van der Waals surface area contributed by atoms with Crippen LogP contribution in [0.15, 0.2) is 12.1 Å². The van der Waals surface area contributed by atoms with Crippen molar-refractivity contribution in [1.82, 2.24) is 15.2 Å². The van der Waals surface area contributed by atoms with Crippen molar-refractivity contribution in [2.75, 3.05) is 33.2 Å². The van der Waals surface area contributed by atoms with Gasteiger partial charge in [-0.3, -0.25) is 5.10 Å². The summed E-state index contributed by atoms with van der Waals surface area (Å²) in [6.07, 6.45) is 0.418. The Bertz CT molecular complexity index is 692. The number of rotatable bonds is 8. The standard InChI is InChI=1S/C14H18N4O5.Na/c1-21-9-5-4-8(11(22-2)12(9)23-3)15-7-6-10-16-13(14(19)20)18-17-10;/h4-5,15H,6-7H2,1-3H3,(H,19,20)(H,16,17,18);/q;+1/p-1. The zero-order valence-corrected chi connectivity index (χ0v) is 16.0. The van der Waals surface area contributed by atoms with Crippen LogP contribution in [0, 0.1) is 0 Å². The summed E-state index contributed by atoms with van der Waals surface area (Å²) < 4.78 is 15.9. The quantitative estimate of drug-likeness (QED) is 0.482. The van der Waals surface area contributed by atoms with Gasteiger partial charge in [-0.2, -0.15) is 5.10 Å². The number of aromatic carboxylic acids is 1. The molecule has 1 heterocycles. The predicted molar refractivity (Wildman–Crippen MR) is 79.0 cm³/mol. The molecule has 24 heavy (non-hydrogen) atoms. The molecule has 0 aliphatic heterocycles. The third-order valence-electron chi connectivity index (χ3n) is 3.09. The fourth-order valence-electron chi connectivity index (χ4n) is 2.05. The number of hydrogen-bond donors (Lipinski definition) is 2. The Hall–Kier alpha value is -1.97. The SMILES string of the molecule is COc1ccc(NCCc2n[nH]c(C(=O)[O-])n2)c(OC)c1OC.[Na+]. The average Bonchev–Trinajstić information content (AvgIpc) is 3.03. The third kappa shape index (κ3) is 4.53. The number of nitrogens with one attached hydrogen (secondary N) is 2. The van der Waals surface area contributed by atoms with Crippen molar-refractivity contribution in [2.45, 2.75) is 6.42 Å². The largest absolute Gasteiger partial charge is 1.00 e. The Morgan fingerprint density at radius 3 is 2.46 bits per heavy atom. The number of anilines is 1. The molecule has 0 unspecified atom stereocenters. The van der Waals surface area contributed by atoms with Crippen LogP contribution in [0.5, 0.6) is 17.2 Å². The normalized spacial score (nSPS) is 9.79. The van der Waals surface area contributed by atoms with Gasteiger partial charge in [0.05, 0.1) is 27.0 Å². The van der Waals surface area contributed by atoms with Gasteiger partial charge in [0.15, 0.2) is 23.1 Å². The van der Waals surface area contributed by atoms with E-state index in [1.54, 1.807) is 19.2 Å². The number of aromatic nitrogens is 3. The summed E-state index contributed by atoms with van der Waals surface area (Å²) in [7, 11) is 4.60. The van der Waals surface area contributed by atoms with Gasteiger partial charge in [0.25, 0.3) is 0 Å². The zero-order chi connectivity index (χ0) is 16.8. The zero-order valence-electron chi connectivity index (χ0n) is 14.0. The second-order valence-corrected chi connectivity index (χ2v) is 4.45. The van der Waals surface area contributed by atoms with Crippen LogP contribution < -0.4 is 54.2 Å². The Labute approximate surface area is 161 Å². The monoisotopic (exact) mass is 344 g/mol. The number of aromatic amines is 1. The number of carboxylic acids is 1. The minimum Gasteiger partial charge on any atom is -0.542 e. The van der Waals surface area contributed by atoms with E-state index < -0.39 is 5.97 Å². The van der Waals surface area contributed by atoms with Crippen molar-refractivity contribution >= 4 is 11.7 Å². The van der Waals surface area contributed by atoms with Gasteiger partial charge in [0.1, 0.15) is 5.97 Å². The van der Waals surface area contributed by atoms with Gasteiger partial charge in [0.2, 0.25) is 5.75 Å². The smallest absolute Gasteiger partial charge is 0.542 e. The molecule has 9 nitrogen and oxygen atoms in total. The molecule has 0 radical (unpaired) electrons. The van der Waals surface area contributed by atoms with Crippen LogP contribution >= 0.6 is 0 Å². The molecule has 2 rings (SSSR count). The second kappa shape index (κ2) is 9.36. The molecule has 0 aliphatic rings. The van der Waals surface area contributed by atoms with Crippen molar-refractivity contribution in [3.05, 3.63) is 23.8 Å². The number of carbonyl (C=O) groups is 1. The molecule has 0 bridgehead atoms. The molecule has 1 aromatic heterocycles. The van der Waals surface area contributed by atoms with Crippen molar-refractivity contribution in [1.29, 1.82) is 0 Å². The van der Waals surface area contributed by atoms with Crippen LogP contribution in [-0.4, -0.2) is 49.0 Å². The topological polar surface area (TPSA) is 121 Å². The average molecular weight is 344 g/mol. The first-order chi connectivity index (χ1) is 11.1. The number of benzene rings is 1. The molecular formula is C14H17N4NaO5. The van der Waals surface area contributed by atoms with Crippen molar-refractivity contribution in [3.8, 4) is 17.2 Å². The number of nitrogens with zero attached hydrogens (tertiary/aromatic N) is 2. The van der Waals surface area contributed by atoms with Crippen LogP contribution in [0.3, 0.4) is 0 Å². The first-order valence-electron chi connectivity index (χ1n) is 6.76. The third-order valence-corrected chi connectivity index (χ3v) is 3.09. The summed E-state index contributed by atoms with van der Waals surface area (Å²) in [4.78, 5) is 14.4. The van der Waals surface area contributed by atoms with Crippen LogP contribution in [0.1, 0.15) is 16.4 Å². The van der Waals surface area contributed by atoms with Crippen molar-refractivity contribution in [3.63, 3.8) is 0 Å². The summed E-state index contributed by atoms with van der Waals surface area (Å²) in [5.41, 5.74) is 0.709. The Morgan fingerprint density at radius 2 is 1.92 bits per heavy atom. The molecule has 0 aliphatic carbocycles. The van der Waals surface area contributed by atoms with Gasteiger partial charge in [-0.25, -0.2) is 4.98 Å². The van der Waals surface area contributed by atoms with Crippen molar-refractivity contribution in [2.24, 2.45) is 0 Å². The summed E-state index contributed by atoms with van der Waals surface area (Å²) >= 11 is 0. The number of carbonyl (C=O) groups excluding carboxylic acids is 1. The molecule has 0 saturated carbocycles. The minimum absolute atomic E-state index is 0. The Kier molecular flexibility index (Phi) is 7.83. The number of ether oxygens (including phenoxy) is 3. The molecule has 0 spiro atoms. The number of carboxylic acid groups (broad SMARTS) is 1. The molecule has 0 fully saturated rings. The first-order valence-corrected chi connectivity index (χ1v) is 6.76. The van der Waals surface area contributed by atoms with E-state index >= 15 is 0 Å². The van der Waals surface area contributed by atoms with Crippen LogP contribution in [-0.2, 0) is 6.42 Å². The molecule has 1 aromatic carbocycles. The van der Waals surface area contributed by atoms with E-state index in [2.05, 4.69) is 20.5 Å². The van der Waals surface area contributed by atoms with Crippen LogP contribution in [0.2, 0.25) is 0 Å². The molecule has 2 N–H and O–H groups in total. The molecule has 10 heteroatoms. The van der Waals surface area contributed by atoms with Gasteiger partial charge in [-0.1, -0.05) is 0 Å². The first kappa shape index (κ1) is 20.1. The van der Waals surface area contributed by atoms with E-state index in [0.29, 0.717) is 41.7 Å². The van der Waals surface area contributed by atoms with E-state index in [0.717, 1.165) is 0 Å². The van der Waals surface area contributed by atoms with E-state index in [9.17, 15) is 9.90 Å². The number of hydrogen-bond acceptors (Lipinski definition) is 8. The predicted octanol–water partition coefficient (Wildman–Crippen LogP) is -3.15. The maximum atomic E-state index is 10.6. The summed E-state index contributed by atoms with van der Waals surface area (Å²) in [5.74, 6) is 0.245. The molecule has 0 atom stereocenters. The minimum atomic E-state index is -1.39. The fourth-order valence-corrected chi connectivity index (χ4v) is 2.05. The molecular weight excluding hydrogens is 327 g/mol. The van der Waals surface area contributed by atoms with Crippen LogP contribution in [0.25, 0.3) is 0 Å². The van der Waals surface area contributed by atoms with Gasteiger partial charge < -0.3 is 29.4 Å². The molecule has 2 aromatic rings. The van der Waals surface area contributed by atoms with E-state index in [1.807, 2.05) is 0 Å². The van der Waals surface area contributed by atoms with Gasteiger partial charge >= 0.3 is 29.6 Å². The molecule has 124 valence electrons. The summed E-state index contributed by atoms with van der Waals surface area (Å²) in [6.45, 7) is 0.468. The van der Waals surface area contributed by atoms with Crippen LogP contribution in [0.4, 0.5) is 5.69 Å². The second-order valence-electron chi connectivity index (χ2n) is 4.45. The van der Waals surface area contributed by atoms with E-state index in [4.69, 9.17) is 14.2 Å². The van der Waals surface area contributed by atoms with Gasteiger partial charge in [-0.05, 0) is 12.1 Å². The Balaban J connectivity index is 0.00000288. The fraction of sp³-hybridized carbons (Fsp3) is 0.357. The molecule has 0 amide bonds. The van der Waals surface area contributed by atoms with E-state index in [1.165, 1.54) is 14.2 Å². The molecule has 0 saturated heterocycles. The van der Waals surface area contributed by atoms with Crippen molar-refractivity contribution < 1.29 is 53.7 Å². The van der Waals surface area contributed by atoms with Gasteiger partial charge in [0, 0.05) is 13.0 Å². The number of H-pyrrole nitrogens is 1.